The molecule has 3 aliphatic carbocycles. The molecule has 0 aromatic heterocycles. The lowest BCUT2D eigenvalue weighted by Gasteiger charge is -2.52. The van der Waals surface area contributed by atoms with Crippen molar-refractivity contribution in [2.75, 3.05) is 0 Å². The van der Waals surface area contributed by atoms with Crippen molar-refractivity contribution in [3.05, 3.63) is 46.6 Å². The molecule has 0 radical (unpaired) electrons. The molecule has 184 valence electrons. The molecular formula is C30H40O4. The van der Waals surface area contributed by atoms with E-state index in [-0.39, 0.29) is 34.8 Å². The Morgan fingerprint density at radius 2 is 1.79 bits per heavy atom. The summed E-state index contributed by atoms with van der Waals surface area (Å²) in [5, 5.41) is 0. The van der Waals surface area contributed by atoms with Crippen molar-refractivity contribution in [1.82, 2.24) is 0 Å². The molecule has 5 aliphatic rings. The largest absolute Gasteiger partial charge is 0.458 e. The SMILES string of the molecule is CC1=CC[C@H]([C@@H](C)[C@@H]2CC[C@@]3(C)C4=C(C=C5C=CC(=O)OC(C)(C)[C@@H]5CC4)CC[C@]23C)OC1=O. The minimum Gasteiger partial charge on any atom is -0.458 e. The van der Waals surface area contributed by atoms with Gasteiger partial charge in [-0.3, -0.25) is 0 Å². The molecule has 4 nitrogen and oxygen atoms in total. The van der Waals surface area contributed by atoms with Gasteiger partial charge in [0, 0.05) is 24.0 Å². The normalized spacial score (nSPS) is 40.0. The Labute approximate surface area is 204 Å². The van der Waals surface area contributed by atoms with Crippen molar-refractivity contribution in [2.24, 2.45) is 28.6 Å². The van der Waals surface area contributed by atoms with Crippen molar-refractivity contribution in [1.29, 1.82) is 0 Å². The number of esters is 2. The van der Waals surface area contributed by atoms with E-state index in [1.165, 1.54) is 24.0 Å². The van der Waals surface area contributed by atoms with Crippen LogP contribution in [0.4, 0.5) is 0 Å². The van der Waals surface area contributed by atoms with Gasteiger partial charge in [0.05, 0.1) is 0 Å². The summed E-state index contributed by atoms with van der Waals surface area (Å²) in [6.07, 6.45) is 15.6. The maximum absolute atomic E-state index is 12.3. The smallest absolute Gasteiger partial charge is 0.333 e. The number of hydrogen-bond acceptors (Lipinski definition) is 4. The highest BCUT2D eigenvalue weighted by molar-refractivity contribution is 5.88. The monoisotopic (exact) mass is 464 g/mol. The van der Waals surface area contributed by atoms with E-state index < -0.39 is 5.60 Å². The van der Waals surface area contributed by atoms with E-state index in [2.05, 4.69) is 46.8 Å². The van der Waals surface area contributed by atoms with E-state index in [0.29, 0.717) is 11.8 Å². The van der Waals surface area contributed by atoms with Gasteiger partial charge in [-0.1, -0.05) is 44.6 Å². The third-order valence-corrected chi connectivity index (χ3v) is 10.5. The molecule has 0 spiro atoms. The Bertz CT molecular complexity index is 1040. The van der Waals surface area contributed by atoms with Crippen LogP contribution in [0.25, 0.3) is 0 Å². The van der Waals surface area contributed by atoms with Gasteiger partial charge in [0.25, 0.3) is 0 Å². The Hall–Kier alpha value is -2.10. The first-order valence-electron chi connectivity index (χ1n) is 13.2. The van der Waals surface area contributed by atoms with Crippen LogP contribution < -0.4 is 0 Å². The predicted molar refractivity (Wildman–Crippen MR) is 133 cm³/mol. The summed E-state index contributed by atoms with van der Waals surface area (Å²) in [6.45, 7) is 13.3. The Morgan fingerprint density at radius 3 is 2.53 bits per heavy atom. The highest BCUT2D eigenvalue weighted by Gasteiger charge is 2.60. The lowest BCUT2D eigenvalue weighted by Crippen LogP contribution is -2.46. The Morgan fingerprint density at radius 1 is 1.03 bits per heavy atom. The molecule has 0 N–H and O–H groups in total. The zero-order valence-corrected chi connectivity index (χ0v) is 21.7. The molecule has 6 atom stereocenters. The van der Waals surface area contributed by atoms with Crippen LogP contribution in [0.3, 0.4) is 0 Å². The maximum atomic E-state index is 12.3. The summed E-state index contributed by atoms with van der Waals surface area (Å²) in [7, 11) is 0. The summed E-state index contributed by atoms with van der Waals surface area (Å²) in [4.78, 5) is 24.4. The summed E-state index contributed by atoms with van der Waals surface area (Å²) in [6, 6.07) is 0. The zero-order valence-electron chi connectivity index (χ0n) is 21.7. The van der Waals surface area contributed by atoms with E-state index in [0.717, 1.165) is 37.7 Å². The van der Waals surface area contributed by atoms with Crippen molar-refractivity contribution < 1.29 is 19.1 Å². The van der Waals surface area contributed by atoms with Gasteiger partial charge >= 0.3 is 11.9 Å². The first-order chi connectivity index (χ1) is 16.0. The molecule has 0 saturated heterocycles. The van der Waals surface area contributed by atoms with Crippen LogP contribution in [0.15, 0.2) is 46.6 Å². The van der Waals surface area contributed by atoms with E-state index in [1.54, 1.807) is 11.6 Å². The summed E-state index contributed by atoms with van der Waals surface area (Å²) in [5.74, 6) is 0.711. The number of ether oxygens (including phenoxy) is 2. The van der Waals surface area contributed by atoms with Crippen LogP contribution in [0.2, 0.25) is 0 Å². The lowest BCUT2D eigenvalue weighted by atomic mass is 9.52. The molecule has 2 heterocycles. The van der Waals surface area contributed by atoms with Gasteiger partial charge in [-0.2, -0.15) is 0 Å². The third-order valence-electron chi connectivity index (χ3n) is 10.5. The van der Waals surface area contributed by atoms with Crippen molar-refractivity contribution in [2.45, 2.75) is 98.2 Å². The molecule has 0 bridgehead atoms. The van der Waals surface area contributed by atoms with Gasteiger partial charge < -0.3 is 9.47 Å². The number of cyclic esters (lactones) is 2. The molecule has 1 saturated carbocycles. The van der Waals surface area contributed by atoms with Crippen LogP contribution in [0, 0.1) is 28.6 Å². The Kier molecular flexibility index (Phi) is 5.53. The molecule has 0 amide bonds. The standard InChI is InChI=1S/C30H40O4/c1-18-7-11-25(33-27(18)32)19(2)22-14-16-30(6)24-10-9-23-20(8-12-26(31)34-28(23,3)4)17-21(24)13-15-29(22,30)5/h7-8,12,17,19,22-23,25H,9-11,13-16H2,1-6H3/t19-,22-,23+,25+,29+,30-/m0/s1. The number of fused-ring (bicyclic) bond motifs is 3. The quantitative estimate of drug-likeness (QED) is 0.431. The van der Waals surface area contributed by atoms with Gasteiger partial charge in [-0.25, -0.2) is 9.59 Å². The van der Waals surface area contributed by atoms with E-state index >= 15 is 0 Å². The second-order valence-corrected chi connectivity index (χ2v) is 12.4. The average molecular weight is 465 g/mol. The van der Waals surface area contributed by atoms with Crippen LogP contribution in [0.5, 0.6) is 0 Å². The molecular weight excluding hydrogens is 424 g/mol. The minimum absolute atomic E-state index is 0.0146. The van der Waals surface area contributed by atoms with E-state index in [9.17, 15) is 9.59 Å². The topological polar surface area (TPSA) is 52.6 Å². The summed E-state index contributed by atoms with van der Waals surface area (Å²) >= 11 is 0. The number of allylic oxidation sites excluding steroid dienone is 4. The minimum atomic E-state index is -0.505. The summed E-state index contributed by atoms with van der Waals surface area (Å²) < 4.78 is 11.7. The third kappa shape index (κ3) is 3.46. The number of rotatable bonds is 2. The highest BCUT2D eigenvalue weighted by atomic mass is 16.6. The molecule has 0 aromatic rings. The summed E-state index contributed by atoms with van der Waals surface area (Å²) in [5.41, 5.74) is 4.93. The average Bonchev–Trinajstić information content (AvgIpc) is 2.88. The van der Waals surface area contributed by atoms with Crippen molar-refractivity contribution >= 4 is 11.9 Å². The van der Waals surface area contributed by atoms with Gasteiger partial charge in [0.2, 0.25) is 0 Å². The molecule has 0 unspecified atom stereocenters. The second kappa shape index (κ2) is 7.96. The van der Waals surface area contributed by atoms with Crippen molar-refractivity contribution in [3.63, 3.8) is 0 Å². The first kappa shape index (κ1) is 23.6. The van der Waals surface area contributed by atoms with Crippen LogP contribution >= 0.6 is 0 Å². The molecule has 5 rings (SSSR count). The molecule has 4 heteroatoms. The molecule has 34 heavy (non-hydrogen) atoms. The van der Waals surface area contributed by atoms with Gasteiger partial charge in [-0.15, -0.1) is 0 Å². The first-order valence-corrected chi connectivity index (χ1v) is 13.2. The fourth-order valence-corrected chi connectivity index (χ4v) is 8.19. The Balaban J connectivity index is 1.47. The van der Waals surface area contributed by atoms with E-state index in [4.69, 9.17) is 9.47 Å². The van der Waals surface area contributed by atoms with Crippen LogP contribution in [-0.2, 0) is 19.1 Å². The lowest BCUT2D eigenvalue weighted by molar-refractivity contribution is -0.153. The number of carbonyl (C=O) groups is 2. The zero-order chi connectivity index (χ0) is 24.5. The molecule has 2 aliphatic heterocycles. The molecule has 0 aromatic carbocycles. The molecule has 1 fully saturated rings. The van der Waals surface area contributed by atoms with Crippen LogP contribution in [-0.4, -0.2) is 23.6 Å². The number of hydrogen-bond donors (Lipinski definition) is 0. The number of carbonyl (C=O) groups excluding carboxylic acids is 2. The van der Waals surface area contributed by atoms with Crippen molar-refractivity contribution in [3.8, 4) is 0 Å². The predicted octanol–water partition coefficient (Wildman–Crippen LogP) is 6.63. The van der Waals surface area contributed by atoms with Gasteiger partial charge in [0.1, 0.15) is 11.7 Å². The fraction of sp³-hybridized carbons (Fsp3) is 0.667. The van der Waals surface area contributed by atoms with Gasteiger partial charge in [0.15, 0.2) is 0 Å². The highest BCUT2D eigenvalue weighted by Crippen LogP contribution is 2.68. The second-order valence-electron chi connectivity index (χ2n) is 12.4. The fourth-order valence-electron chi connectivity index (χ4n) is 8.19. The maximum Gasteiger partial charge on any atom is 0.333 e. The van der Waals surface area contributed by atoms with Crippen LogP contribution in [0.1, 0.15) is 86.5 Å². The van der Waals surface area contributed by atoms with Gasteiger partial charge in [-0.05, 0) is 93.1 Å². The van der Waals surface area contributed by atoms with E-state index in [1.807, 2.05) is 13.0 Å².